The first kappa shape index (κ1) is 61.1. The molecule has 0 radical (unpaired) electrons. The number of carbonyl (C=O) groups is 1. The molecule has 380 valence electrons. The molecule has 0 aliphatic heterocycles. The summed E-state index contributed by atoms with van der Waals surface area (Å²) >= 11 is 0. The highest BCUT2D eigenvalue weighted by molar-refractivity contribution is 7.47. The zero-order chi connectivity index (χ0) is 46.9. The molecule has 0 saturated heterocycles. The molecule has 8 atom stereocenters. The number of rotatable bonds is 46. The van der Waals surface area contributed by atoms with Crippen LogP contribution in [0.15, 0.2) is 12.2 Å². The van der Waals surface area contributed by atoms with Gasteiger partial charge in [-0.3, -0.25) is 13.8 Å². The third kappa shape index (κ3) is 33.5. The van der Waals surface area contributed by atoms with Gasteiger partial charge in [0.05, 0.1) is 13.2 Å². The molecular formula is C51H99O12P. The van der Waals surface area contributed by atoms with Gasteiger partial charge in [0.25, 0.3) is 0 Å². The van der Waals surface area contributed by atoms with Crippen molar-refractivity contribution >= 4 is 13.8 Å². The number of aliphatic hydroxyl groups excluding tert-OH is 5. The van der Waals surface area contributed by atoms with Crippen LogP contribution in [0.4, 0.5) is 0 Å². The lowest BCUT2D eigenvalue weighted by Crippen LogP contribution is -2.64. The average molecular weight is 935 g/mol. The van der Waals surface area contributed by atoms with E-state index in [-0.39, 0.29) is 13.0 Å². The van der Waals surface area contributed by atoms with Gasteiger partial charge in [-0.25, -0.2) is 4.57 Å². The van der Waals surface area contributed by atoms with Gasteiger partial charge < -0.3 is 39.9 Å². The van der Waals surface area contributed by atoms with Crippen molar-refractivity contribution in [3.63, 3.8) is 0 Å². The summed E-state index contributed by atoms with van der Waals surface area (Å²) in [7, 11) is -5.02. The molecule has 0 spiro atoms. The Kier molecular flexibility index (Phi) is 40.3. The maximum Gasteiger partial charge on any atom is 0.472 e. The van der Waals surface area contributed by atoms with Crippen LogP contribution in [0.3, 0.4) is 0 Å². The predicted octanol–water partition coefficient (Wildman–Crippen LogP) is 11.9. The Morgan fingerprint density at radius 2 is 0.828 bits per heavy atom. The van der Waals surface area contributed by atoms with E-state index in [9.17, 15) is 39.8 Å². The maximum absolute atomic E-state index is 12.9. The number of phosphoric ester groups is 1. The van der Waals surface area contributed by atoms with E-state index in [1.807, 2.05) is 0 Å². The number of carbonyl (C=O) groups excluding carboxylic acids is 1. The first-order valence-electron chi connectivity index (χ1n) is 26.5. The topological polar surface area (TPSA) is 192 Å². The Morgan fingerprint density at radius 3 is 1.23 bits per heavy atom. The van der Waals surface area contributed by atoms with E-state index in [4.69, 9.17) is 18.5 Å². The number of phosphoric acid groups is 1. The molecule has 6 N–H and O–H groups in total. The summed E-state index contributed by atoms with van der Waals surface area (Å²) in [6, 6.07) is 0. The van der Waals surface area contributed by atoms with Crippen molar-refractivity contribution in [2.75, 3.05) is 19.8 Å². The van der Waals surface area contributed by atoms with Gasteiger partial charge in [-0.1, -0.05) is 212 Å². The molecule has 0 aromatic heterocycles. The number of allylic oxidation sites excluding steroid dienone is 2. The fraction of sp³-hybridized carbons (Fsp3) is 0.941. The van der Waals surface area contributed by atoms with Crippen molar-refractivity contribution in [3.05, 3.63) is 12.2 Å². The van der Waals surface area contributed by atoms with Crippen LogP contribution < -0.4 is 0 Å². The van der Waals surface area contributed by atoms with Crippen LogP contribution >= 0.6 is 7.82 Å². The lowest BCUT2D eigenvalue weighted by molar-refractivity contribution is -0.220. The van der Waals surface area contributed by atoms with E-state index in [0.29, 0.717) is 13.0 Å². The summed E-state index contributed by atoms with van der Waals surface area (Å²) in [5.41, 5.74) is 0. The highest BCUT2D eigenvalue weighted by Crippen LogP contribution is 2.47. The first-order chi connectivity index (χ1) is 31.0. The van der Waals surface area contributed by atoms with E-state index in [0.717, 1.165) is 44.9 Å². The van der Waals surface area contributed by atoms with Crippen LogP contribution in [0.1, 0.15) is 245 Å². The molecule has 1 aliphatic carbocycles. The summed E-state index contributed by atoms with van der Waals surface area (Å²) in [6.07, 6.45) is 35.6. The molecule has 6 unspecified atom stereocenters. The second-order valence-corrected chi connectivity index (χ2v) is 20.1. The van der Waals surface area contributed by atoms with E-state index < -0.39 is 63.1 Å². The largest absolute Gasteiger partial charge is 0.472 e. The van der Waals surface area contributed by atoms with Gasteiger partial charge in [0, 0.05) is 13.0 Å². The minimum atomic E-state index is -5.02. The molecule has 0 heterocycles. The van der Waals surface area contributed by atoms with Crippen molar-refractivity contribution in [3.8, 4) is 0 Å². The van der Waals surface area contributed by atoms with E-state index in [2.05, 4.69) is 26.0 Å². The quantitative estimate of drug-likeness (QED) is 0.0147. The van der Waals surface area contributed by atoms with Gasteiger partial charge in [-0.2, -0.15) is 0 Å². The monoisotopic (exact) mass is 935 g/mol. The van der Waals surface area contributed by atoms with Crippen molar-refractivity contribution in [2.24, 2.45) is 0 Å². The second-order valence-electron chi connectivity index (χ2n) is 18.7. The summed E-state index contributed by atoms with van der Waals surface area (Å²) in [6.45, 7) is 4.31. The van der Waals surface area contributed by atoms with Crippen LogP contribution in [-0.4, -0.2) is 98.9 Å². The number of hydrogen-bond donors (Lipinski definition) is 6. The Bertz CT molecular complexity index is 1110. The zero-order valence-electron chi connectivity index (χ0n) is 40.9. The number of ether oxygens (including phenoxy) is 2. The van der Waals surface area contributed by atoms with Crippen molar-refractivity contribution < 1.29 is 58.3 Å². The molecule has 0 bridgehead atoms. The molecule has 12 nitrogen and oxygen atoms in total. The van der Waals surface area contributed by atoms with E-state index >= 15 is 0 Å². The Balaban J connectivity index is 2.32. The lowest BCUT2D eigenvalue weighted by Gasteiger charge is -2.41. The summed E-state index contributed by atoms with van der Waals surface area (Å²) in [4.78, 5) is 23.2. The highest BCUT2D eigenvalue weighted by atomic mass is 31.2. The first-order valence-corrected chi connectivity index (χ1v) is 28.0. The van der Waals surface area contributed by atoms with E-state index in [1.54, 1.807) is 0 Å². The maximum atomic E-state index is 12.9. The normalized spacial score (nSPS) is 21.7. The molecular weight excluding hydrogens is 836 g/mol. The van der Waals surface area contributed by atoms with Gasteiger partial charge >= 0.3 is 13.8 Å². The number of esters is 1. The highest BCUT2D eigenvalue weighted by Gasteiger charge is 2.51. The van der Waals surface area contributed by atoms with Crippen molar-refractivity contribution in [1.82, 2.24) is 0 Å². The Morgan fingerprint density at radius 1 is 0.484 bits per heavy atom. The van der Waals surface area contributed by atoms with Crippen molar-refractivity contribution in [2.45, 2.75) is 288 Å². The second kappa shape index (κ2) is 42.2. The Labute approximate surface area is 390 Å². The lowest BCUT2D eigenvalue weighted by atomic mass is 9.85. The smallest absolute Gasteiger partial charge is 0.457 e. The van der Waals surface area contributed by atoms with Crippen LogP contribution in [0, 0.1) is 0 Å². The standard InChI is InChI=1S/C51H99O12P/c1-3-5-7-9-11-13-15-17-19-21-23-24-26-28-30-32-34-36-38-40-45(52)62-44(43-61-64(58,59)63-51-49(56)47(54)46(53)48(55)50(51)57)42-60-41-39-37-35-33-31-29-27-25-22-20-18-16-14-12-10-8-6-4-2/h21,23,44,46-51,53-57H,3-20,22,24-43H2,1-2H3,(H,58,59)/b23-21-/t44-,46?,47-,48?,49?,50?,51?/m1/s1. The molecule has 1 aliphatic rings. The van der Waals surface area contributed by atoms with Crippen LogP contribution in [0.5, 0.6) is 0 Å². The molecule has 0 aromatic carbocycles. The summed E-state index contributed by atoms with van der Waals surface area (Å²) in [5.74, 6) is -0.476. The van der Waals surface area contributed by atoms with Crippen LogP contribution in [0.2, 0.25) is 0 Å². The predicted molar refractivity (Wildman–Crippen MR) is 258 cm³/mol. The molecule has 1 fully saturated rings. The molecule has 13 heteroatoms. The third-order valence-electron chi connectivity index (χ3n) is 12.6. The minimum Gasteiger partial charge on any atom is -0.457 e. The molecule has 0 aromatic rings. The van der Waals surface area contributed by atoms with Gasteiger partial charge in [-0.15, -0.1) is 0 Å². The fourth-order valence-electron chi connectivity index (χ4n) is 8.41. The Hall–Kier alpha value is -0.920. The van der Waals surface area contributed by atoms with Gasteiger partial charge in [0.1, 0.15) is 42.7 Å². The summed E-state index contributed by atoms with van der Waals surface area (Å²) in [5, 5.41) is 50.3. The molecule has 64 heavy (non-hydrogen) atoms. The molecule has 1 saturated carbocycles. The van der Waals surface area contributed by atoms with Crippen molar-refractivity contribution in [1.29, 1.82) is 0 Å². The fourth-order valence-corrected chi connectivity index (χ4v) is 9.38. The zero-order valence-corrected chi connectivity index (χ0v) is 41.7. The number of aliphatic hydroxyl groups is 5. The van der Waals surface area contributed by atoms with Gasteiger partial charge in [-0.05, 0) is 38.5 Å². The molecule has 0 amide bonds. The third-order valence-corrected chi connectivity index (χ3v) is 13.6. The number of unbranched alkanes of at least 4 members (excludes halogenated alkanes) is 32. The van der Waals surface area contributed by atoms with Gasteiger partial charge in [0.2, 0.25) is 0 Å². The molecule has 1 rings (SSSR count). The number of hydrogen-bond acceptors (Lipinski definition) is 11. The van der Waals surface area contributed by atoms with Crippen LogP contribution in [-0.2, 0) is 27.9 Å². The SMILES string of the molecule is CCCCCCCCCC/C=C\CCCCCCCCCC(=O)O[C@H](COCCCCCCCCCCCCCCCCCCCC)COP(=O)(O)OC1C(O)C(O)C(O)[C@@H](O)C1O. The van der Waals surface area contributed by atoms with Crippen LogP contribution in [0.25, 0.3) is 0 Å². The van der Waals surface area contributed by atoms with E-state index in [1.165, 1.54) is 173 Å². The van der Waals surface area contributed by atoms with Gasteiger partial charge in [0.15, 0.2) is 0 Å². The summed E-state index contributed by atoms with van der Waals surface area (Å²) < 4.78 is 34.3. The minimum absolute atomic E-state index is 0.0720. The average Bonchev–Trinajstić information content (AvgIpc) is 3.28.